The average Bonchev–Trinajstić information content (AvgIpc) is 2.77. The van der Waals surface area contributed by atoms with E-state index in [0.29, 0.717) is 12.2 Å². The highest BCUT2D eigenvalue weighted by molar-refractivity contribution is 9.10. The highest BCUT2D eigenvalue weighted by atomic mass is 79.9. The van der Waals surface area contributed by atoms with Gasteiger partial charge < -0.3 is 4.74 Å². The van der Waals surface area contributed by atoms with Gasteiger partial charge in [-0.25, -0.2) is 0 Å². The molecule has 0 bridgehead atoms. The maximum absolute atomic E-state index is 9.69. The minimum absolute atomic E-state index is 0.509. The molecule has 4 rings (SSSR count). The van der Waals surface area contributed by atoms with E-state index in [0.717, 1.165) is 37.7 Å². The number of ether oxygens (including phenoxy) is 1. The molecule has 4 aromatic rings. The topological polar surface area (TPSA) is 33.0 Å². The summed E-state index contributed by atoms with van der Waals surface area (Å²) in [4.78, 5) is 0. The Morgan fingerprint density at radius 3 is 2.38 bits per heavy atom. The van der Waals surface area contributed by atoms with Gasteiger partial charge in [-0.1, -0.05) is 72.8 Å². The van der Waals surface area contributed by atoms with Crippen molar-refractivity contribution in [1.82, 2.24) is 0 Å². The number of nitriles is 1. The maximum Gasteiger partial charge on any atom is 0.134 e. The van der Waals surface area contributed by atoms with Crippen LogP contribution in [-0.4, -0.2) is 0 Å². The van der Waals surface area contributed by atoms with Crippen LogP contribution in [0.5, 0.6) is 5.75 Å². The Kier molecular flexibility index (Phi) is 5.74. The molecule has 0 N–H and O–H groups in total. The highest BCUT2D eigenvalue weighted by Crippen LogP contribution is 2.29. The van der Waals surface area contributed by atoms with Gasteiger partial charge in [0.1, 0.15) is 12.4 Å². The van der Waals surface area contributed by atoms with Gasteiger partial charge in [-0.05, 0) is 67.7 Å². The summed E-state index contributed by atoms with van der Waals surface area (Å²) in [6, 6.07) is 32.5. The van der Waals surface area contributed by atoms with Gasteiger partial charge in [0, 0.05) is 0 Å². The number of allylic oxidation sites excluding steroid dienone is 1. The van der Waals surface area contributed by atoms with E-state index in [-0.39, 0.29) is 0 Å². The van der Waals surface area contributed by atoms with E-state index in [2.05, 4.69) is 40.2 Å². The standard InChI is InChI=1S/C26H18BrNO/c27-25-15-20(10-13-26(25)29-18-19-6-2-1-3-7-19)14-24(17-28)23-12-11-21-8-4-5-9-22(21)16-23/h1-16H,18H2/b24-14-. The lowest BCUT2D eigenvalue weighted by Crippen LogP contribution is -1.95. The Morgan fingerprint density at radius 1 is 0.862 bits per heavy atom. The van der Waals surface area contributed by atoms with Crippen LogP contribution in [0.2, 0.25) is 0 Å². The van der Waals surface area contributed by atoms with Crippen LogP contribution in [0.25, 0.3) is 22.4 Å². The van der Waals surface area contributed by atoms with Crippen LogP contribution >= 0.6 is 15.9 Å². The van der Waals surface area contributed by atoms with Crippen molar-refractivity contribution in [3.63, 3.8) is 0 Å². The first-order chi connectivity index (χ1) is 14.2. The van der Waals surface area contributed by atoms with Crippen molar-refractivity contribution in [3.8, 4) is 11.8 Å². The van der Waals surface area contributed by atoms with Crippen molar-refractivity contribution in [3.05, 3.63) is 112 Å². The van der Waals surface area contributed by atoms with Crippen LogP contribution in [0.15, 0.2) is 95.5 Å². The molecule has 0 aliphatic heterocycles. The van der Waals surface area contributed by atoms with Crippen molar-refractivity contribution in [1.29, 1.82) is 5.26 Å². The number of benzene rings is 4. The van der Waals surface area contributed by atoms with Gasteiger partial charge in [-0.15, -0.1) is 0 Å². The van der Waals surface area contributed by atoms with E-state index >= 15 is 0 Å². The number of halogens is 1. The van der Waals surface area contributed by atoms with Gasteiger partial charge in [0.25, 0.3) is 0 Å². The van der Waals surface area contributed by atoms with Gasteiger partial charge in [-0.2, -0.15) is 5.26 Å². The molecule has 0 atom stereocenters. The summed E-state index contributed by atoms with van der Waals surface area (Å²) in [5, 5.41) is 12.0. The van der Waals surface area contributed by atoms with E-state index < -0.39 is 0 Å². The summed E-state index contributed by atoms with van der Waals surface area (Å²) in [5.74, 6) is 0.773. The maximum atomic E-state index is 9.69. The number of rotatable bonds is 5. The van der Waals surface area contributed by atoms with Crippen LogP contribution in [0, 0.1) is 11.3 Å². The quantitative estimate of drug-likeness (QED) is 0.242. The van der Waals surface area contributed by atoms with Crippen LogP contribution < -0.4 is 4.74 Å². The van der Waals surface area contributed by atoms with Crippen molar-refractivity contribution in [2.24, 2.45) is 0 Å². The summed E-state index contributed by atoms with van der Waals surface area (Å²) in [7, 11) is 0. The lowest BCUT2D eigenvalue weighted by Gasteiger charge is -2.09. The Hall–Kier alpha value is -3.35. The molecule has 0 heterocycles. The zero-order valence-corrected chi connectivity index (χ0v) is 17.3. The minimum atomic E-state index is 0.509. The fourth-order valence-corrected chi connectivity index (χ4v) is 3.67. The molecule has 2 nitrogen and oxygen atoms in total. The third-order valence-corrected chi connectivity index (χ3v) is 5.30. The van der Waals surface area contributed by atoms with Gasteiger partial charge in [0.15, 0.2) is 0 Å². The van der Waals surface area contributed by atoms with Crippen molar-refractivity contribution < 1.29 is 4.74 Å². The van der Waals surface area contributed by atoms with Crippen LogP contribution in [-0.2, 0) is 6.61 Å². The molecule has 0 unspecified atom stereocenters. The molecule has 140 valence electrons. The average molecular weight is 440 g/mol. The van der Waals surface area contributed by atoms with Crippen LogP contribution in [0.4, 0.5) is 0 Å². The molecule has 0 saturated carbocycles. The fraction of sp³-hybridized carbons (Fsp3) is 0.0385. The Balaban J connectivity index is 1.57. The predicted molar refractivity (Wildman–Crippen MR) is 122 cm³/mol. The molecular formula is C26H18BrNO. The van der Waals surface area contributed by atoms with E-state index in [9.17, 15) is 5.26 Å². The molecule has 0 spiro atoms. The first-order valence-corrected chi connectivity index (χ1v) is 10.1. The van der Waals surface area contributed by atoms with Crippen LogP contribution in [0.1, 0.15) is 16.7 Å². The van der Waals surface area contributed by atoms with Gasteiger partial charge in [0.2, 0.25) is 0 Å². The molecular weight excluding hydrogens is 422 g/mol. The first kappa shape index (κ1) is 19.0. The normalized spacial score (nSPS) is 11.2. The largest absolute Gasteiger partial charge is 0.488 e. The van der Waals surface area contributed by atoms with E-state index in [4.69, 9.17) is 4.74 Å². The molecule has 0 amide bonds. The number of hydrogen-bond acceptors (Lipinski definition) is 2. The second-order valence-electron chi connectivity index (χ2n) is 6.70. The Labute approximate surface area is 178 Å². The first-order valence-electron chi connectivity index (χ1n) is 9.30. The molecule has 4 aromatic carbocycles. The molecule has 3 heteroatoms. The van der Waals surface area contributed by atoms with Gasteiger partial charge in [0.05, 0.1) is 16.1 Å². The zero-order valence-electron chi connectivity index (χ0n) is 15.7. The summed E-state index contributed by atoms with van der Waals surface area (Å²) in [6.07, 6.45) is 1.90. The monoisotopic (exact) mass is 439 g/mol. The molecule has 29 heavy (non-hydrogen) atoms. The van der Waals surface area contributed by atoms with Crippen molar-refractivity contribution in [2.75, 3.05) is 0 Å². The molecule has 0 saturated heterocycles. The van der Waals surface area contributed by atoms with E-state index in [1.54, 1.807) is 0 Å². The lowest BCUT2D eigenvalue weighted by atomic mass is 10.0. The highest BCUT2D eigenvalue weighted by Gasteiger charge is 2.06. The summed E-state index contributed by atoms with van der Waals surface area (Å²) in [5.41, 5.74) is 3.59. The Bertz CT molecular complexity index is 1220. The molecule has 0 fully saturated rings. The zero-order chi connectivity index (χ0) is 20.1. The second kappa shape index (κ2) is 8.77. The number of hydrogen-bond donors (Lipinski definition) is 0. The fourth-order valence-electron chi connectivity index (χ4n) is 3.16. The van der Waals surface area contributed by atoms with Gasteiger partial charge in [-0.3, -0.25) is 0 Å². The Morgan fingerprint density at radius 2 is 1.62 bits per heavy atom. The molecule has 0 radical (unpaired) electrons. The molecule has 0 aliphatic carbocycles. The van der Waals surface area contributed by atoms with Gasteiger partial charge >= 0.3 is 0 Å². The summed E-state index contributed by atoms with van der Waals surface area (Å²) < 4.78 is 6.77. The lowest BCUT2D eigenvalue weighted by molar-refractivity contribution is 0.304. The van der Waals surface area contributed by atoms with E-state index in [1.165, 1.54) is 0 Å². The summed E-state index contributed by atoms with van der Waals surface area (Å²) in [6.45, 7) is 0.509. The van der Waals surface area contributed by atoms with Crippen LogP contribution in [0.3, 0.4) is 0 Å². The molecule has 0 aromatic heterocycles. The van der Waals surface area contributed by atoms with Crippen molar-refractivity contribution in [2.45, 2.75) is 6.61 Å². The third kappa shape index (κ3) is 4.56. The second-order valence-corrected chi connectivity index (χ2v) is 7.55. The predicted octanol–water partition coefficient (Wildman–Crippen LogP) is 7.25. The molecule has 0 aliphatic rings. The van der Waals surface area contributed by atoms with Crippen molar-refractivity contribution >= 4 is 38.4 Å². The summed E-state index contributed by atoms with van der Waals surface area (Å²) >= 11 is 3.58. The number of fused-ring (bicyclic) bond motifs is 1. The third-order valence-electron chi connectivity index (χ3n) is 4.69. The smallest absolute Gasteiger partial charge is 0.134 e. The number of nitrogens with zero attached hydrogens (tertiary/aromatic N) is 1. The minimum Gasteiger partial charge on any atom is -0.488 e. The SMILES string of the molecule is N#C/C(=C/c1ccc(OCc2ccccc2)c(Br)c1)c1ccc2ccccc2c1. The van der Waals surface area contributed by atoms with E-state index in [1.807, 2.05) is 78.9 Å².